The van der Waals surface area contributed by atoms with Crippen molar-refractivity contribution >= 4 is 52.2 Å². The summed E-state index contributed by atoms with van der Waals surface area (Å²) in [4.78, 5) is 41.6. The van der Waals surface area contributed by atoms with Gasteiger partial charge in [0.05, 0.1) is 4.91 Å². The topological polar surface area (TPSA) is 79.4 Å². The molecule has 3 amide bonds. The van der Waals surface area contributed by atoms with E-state index >= 15 is 0 Å². The Hall–Kier alpha value is -2.64. The molecule has 1 aliphatic rings. The minimum Gasteiger partial charge on any atom is -0.324 e. The third-order valence-corrected chi connectivity index (χ3v) is 4.41. The summed E-state index contributed by atoms with van der Waals surface area (Å²) < 4.78 is 0. The van der Waals surface area contributed by atoms with Gasteiger partial charge in [0.1, 0.15) is 6.54 Å². The second-order valence-electron chi connectivity index (χ2n) is 5.11. The summed E-state index contributed by atoms with van der Waals surface area (Å²) in [6.07, 6.45) is 4.77. The summed E-state index contributed by atoms with van der Waals surface area (Å²) in [7, 11) is 0. The van der Waals surface area contributed by atoms with Crippen molar-refractivity contribution in [3.8, 4) is 0 Å². The van der Waals surface area contributed by atoms with E-state index in [2.05, 4.69) is 10.3 Å². The van der Waals surface area contributed by atoms with E-state index in [1.54, 1.807) is 54.9 Å². The number of aromatic nitrogens is 1. The molecule has 0 saturated carbocycles. The second-order valence-corrected chi connectivity index (χ2v) is 6.54. The Bertz CT molecular complexity index is 870. The molecular weight excluding hydrogens is 362 g/mol. The number of carbonyl (C=O) groups excluding carboxylic acids is 3. The summed E-state index contributed by atoms with van der Waals surface area (Å²) in [6.45, 7) is -0.360. The molecule has 0 spiro atoms. The summed E-state index contributed by atoms with van der Waals surface area (Å²) in [5.41, 5.74) is 1.20. The highest BCUT2D eigenvalue weighted by Crippen LogP contribution is 2.31. The smallest absolute Gasteiger partial charge is 0.294 e. The molecule has 3 rings (SSSR count). The first kappa shape index (κ1) is 17.2. The number of anilines is 1. The molecule has 1 fully saturated rings. The Kier molecular flexibility index (Phi) is 5.16. The molecule has 25 heavy (non-hydrogen) atoms. The van der Waals surface area contributed by atoms with E-state index in [1.165, 1.54) is 0 Å². The summed E-state index contributed by atoms with van der Waals surface area (Å²) in [5, 5.41) is 2.60. The van der Waals surface area contributed by atoms with Crippen LogP contribution in [0.5, 0.6) is 0 Å². The van der Waals surface area contributed by atoms with Crippen molar-refractivity contribution in [2.45, 2.75) is 0 Å². The molecule has 0 bridgehead atoms. The highest BCUT2D eigenvalue weighted by Gasteiger charge is 2.36. The van der Waals surface area contributed by atoms with Crippen LogP contribution < -0.4 is 5.32 Å². The molecular formula is C17H12ClN3O3S. The zero-order valence-corrected chi connectivity index (χ0v) is 14.4. The molecule has 1 aromatic heterocycles. The monoisotopic (exact) mass is 373 g/mol. The Balaban J connectivity index is 1.68. The van der Waals surface area contributed by atoms with E-state index in [0.29, 0.717) is 16.3 Å². The maximum absolute atomic E-state index is 12.4. The second kappa shape index (κ2) is 7.50. The summed E-state index contributed by atoms with van der Waals surface area (Å²) in [5.74, 6) is -0.979. The lowest BCUT2D eigenvalue weighted by Crippen LogP contribution is -2.36. The van der Waals surface area contributed by atoms with Gasteiger partial charge in [0, 0.05) is 23.1 Å². The van der Waals surface area contributed by atoms with E-state index in [-0.39, 0.29) is 11.4 Å². The van der Waals surface area contributed by atoms with Crippen molar-refractivity contribution in [3.05, 3.63) is 64.3 Å². The Morgan fingerprint density at radius 2 is 2.12 bits per heavy atom. The number of benzene rings is 1. The van der Waals surface area contributed by atoms with Crippen LogP contribution in [0.25, 0.3) is 6.08 Å². The molecule has 0 aliphatic carbocycles. The average molecular weight is 374 g/mol. The first-order chi connectivity index (χ1) is 12.0. The predicted molar refractivity (Wildman–Crippen MR) is 97.0 cm³/mol. The first-order valence-corrected chi connectivity index (χ1v) is 8.43. The summed E-state index contributed by atoms with van der Waals surface area (Å²) >= 11 is 6.65. The number of imide groups is 1. The number of carbonyl (C=O) groups is 3. The van der Waals surface area contributed by atoms with Crippen molar-refractivity contribution in [1.29, 1.82) is 0 Å². The number of pyridine rings is 1. The van der Waals surface area contributed by atoms with Gasteiger partial charge in [-0.15, -0.1) is 0 Å². The van der Waals surface area contributed by atoms with Crippen molar-refractivity contribution in [1.82, 2.24) is 9.88 Å². The SMILES string of the molecule is O=C(CN1C(=O)S/C(=C/c2cccnc2)C1=O)Nc1cccc(Cl)c1. The largest absolute Gasteiger partial charge is 0.324 e. The molecule has 0 radical (unpaired) electrons. The lowest BCUT2D eigenvalue weighted by molar-refractivity contribution is -0.127. The van der Waals surface area contributed by atoms with E-state index in [9.17, 15) is 14.4 Å². The number of amides is 3. The molecule has 2 aromatic rings. The molecule has 1 aromatic carbocycles. The highest BCUT2D eigenvalue weighted by molar-refractivity contribution is 8.18. The van der Waals surface area contributed by atoms with Gasteiger partial charge in [0.25, 0.3) is 11.1 Å². The molecule has 6 nitrogen and oxygen atoms in total. The van der Waals surface area contributed by atoms with Crippen LogP contribution in [0, 0.1) is 0 Å². The van der Waals surface area contributed by atoms with Gasteiger partial charge in [0.15, 0.2) is 0 Å². The molecule has 0 unspecified atom stereocenters. The summed E-state index contributed by atoms with van der Waals surface area (Å²) in [6, 6.07) is 10.1. The van der Waals surface area contributed by atoms with Gasteiger partial charge in [-0.3, -0.25) is 24.3 Å². The van der Waals surface area contributed by atoms with Gasteiger partial charge in [-0.2, -0.15) is 0 Å². The molecule has 8 heteroatoms. The maximum Gasteiger partial charge on any atom is 0.294 e. The molecule has 1 aliphatic heterocycles. The van der Waals surface area contributed by atoms with Crippen molar-refractivity contribution in [3.63, 3.8) is 0 Å². The van der Waals surface area contributed by atoms with E-state index < -0.39 is 17.1 Å². The van der Waals surface area contributed by atoms with E-state index in [1.807, 2.05) is 0 Å². The van der Waals surface area contributed by atoms with Crippen LogP contribution in [0.3, 0.4) is 0 Å². The van der Waals surface area contributed by atoms with Crippen LogP contribution >= 0.6 is 23.4 Å². The van der Waals surface area contributed by atoms with Gasteiger partial charge in [0.2, 0.25) is 5.91 Å². The number of rotatable bonds is 4. The number of nitrogens with one attached hydrogen (secondary N) is 1. The zero-order valence-electron chi connectivity index (χ0n) is 12.8. The fourth-order valence-electron chi connectivity index (χ4n) is 2.16. The predicted octanol–water partition coefficient (Wildman–Crippen LogP) is 3.41. The van der Waals surface area contributed by atoms with Gasteiger partial charge in [-0.1, -0.05) is 23.7 Å². The van der Waals surface area contributed by atoms with E-state index in [0.717, 1.165) is 16.7 Å². The third-order valence-electron chi connectivity index (χ3n) is 3.27. The lowest BCUT2D eigenvalue weighted by atomic mass is 10.2. The standard InChI is InChI=1S/C17H12ClN3O3S/c18-12-4-1-5-13(8-12)20-15(22)10-21-16(23)14(25-17(21)24)7-11-3-2-6-19-9-11/h1-9H,10H2,(H,20,22)/b14-7+. The molecule has 1 N–H and O–H groups in total. The quantitative estimate of drug-likeness (QED) is 0.831. The van der Waals surface area contributed by atoms with Crippen LogP contribution in [0.15, 0.2) is 53.7 Å². The van der Waals surface area contributed by atoms with Crippen LogP contribution in [0.2, 0.25) is 5.02 Å². The van der Waals surface area contributed by atoms with Gasteiger partial charge in [-0.25, -0.2) is 0 Å². The Labute approximate surface area is 152 Å². The normalized spacial score (nSPS) is 15.7. The Morgan fingerprint density at radius 1 is 1.28 bits per heavy atom. The molecule has 0 atom stereocenters. The fraction of sp³-hybridized carbons (Fsp3) is 0.0588. The van der Waals surface area contributed by atoms with E-state index in [4.69, 9.17) is 11.6 Å². The number of nitrogens with zero attached hydrogens (tertiary/aromatic N) is 2. The Morgan fingerprint density at radius 3 is 2.84 bits per heavy atom. The molecule has 2 heterocycles. The van der Waals surface area contributed by atoms with Gasteiger partial charge < -0.3 is 5.32 Å². The van der Waals surface area contributed by atoms with Crippen LogP contribution in [0.1, 0.15) is 5.56 Å². The van der Waals surface area contributed by atoms with Crippen LogP contribution in [-0.4, -0.2) is 33.5 Å². The maximum atomic E-state index is 12.4. The average Bonchev–Trinajstić information content (AvgIpc) is 2.83. The number of thioether (sulfide) groups is 1. The minimum absolute atomic E-state index is 0.258. The highest BCUT2D eigenvalue weighted by atomic mass is 35.5. The number of halogens is 1. The third kappa shape index (κ3) is 4.26. The number of hydrogen-bond acceptors (Lipinski definition) is 5. The van der Waals surface area contributed by atoms with Gasteiger partial charge >= 0.3 is 0 Å². The van der Waals surface area contributed by atoms with Crippen LogP contribution in [-0.2, 0) is 9.59 Å². The van der Waals surface area contributed by atoms with Crippen LogP contribution in [0.4, 0.5) is 10.5 Å². The van der Waals surface area contributed by atoms with Crippen molar-refractivity contribution in [2.24, 2.45) is 0 Å². The fourth-order valence-corrected chi connectivity index (χ4v) is 3.19. The van der Waals surface area contributed by atoms with Crippen molar-refractivity contribution in [2.75, 3.05) is 11.9 Å². The molecule has 126 valence electrons. The lowest BCUT2D eigenvalue weighted by Gasteiger charge is -2.12. The molecule has 1 saturated heterocycles. The van der Waals surface area contributed by atoms with Gasteiger partial charge in [-0.05, 0) is 47.7 Å². The zero-order chi connectivity index (χ0) is 17.8. The minimum atomic E-state index is -0.500. The first-order valence-electron chi connectivity index (χ1n) is 7.24. The number of hydrogen-bond donors (Lipinski definition) is 1. The van der Waals surface area contributed by atoms with Crippen molar-refractivity contribution < 1.29 is 14.4 Å².